The Bertz CT molecular complexity index is 702. The van der Waals surface area contributed by atoms with Crippen molar-refractivity contribution in [2.24, 2.45) is 0 Å². The summed E-state index contributed by atoms with van der Waals surface area (Å²) in [5, 5.41) is 3.31. The normalized spacial score (nSPS) is 20.2. The van der Waals surface area contributed by atoms with E-state index in [1.54, 1.807) is 46.9 Å². The van der Waals surface area contributed by atoms with Crippen molar-refractivity contribution in [1.29, 1.82) is 0 Å². The van der Waals surface area contributed by atoms with Crippen LogP contribution in [0.4, 0.5) is 16.2 Å². The maximum atomic E-state index is 12.8. The van der Waals surface area contributed by atoms with E-state index in [-0.39, 0.29) is 12.0 Å². The number of rotatable bonds is 3. The Kier molecular flexibility index (Phi) is 6.03. The molecule has 0 spiro atoms. The maximum absolute atomic E-state index is 12.8. The van der Waals surface area contributed by atoms with Gasteiger partial charge in [-0.1, -0.05) is 11.6 Å². The van der Waals surface area contributed by atoms with Gasteiger partial charge >= 0.3 is 6.09 Å². The van der Waals surface area contributed by atoms with Crippen LogP contribution >= 0.6 is 11.6 Å². The minimum Gasteiger partial charge on any atom is -0.444 e. The number of halogens is 1. The van der Waals surface area contributed by atoms with Crippen molar-refractivity contribution < 1.29 is 19.1 Å². The van der Waals surface area contributed by atoms with Crippen LogP contribution in [0.1, 0.15) is 32.8 Å². The van der Waals surface area contributed by atoms with Gasteiger partial charge in [-0.05, 0) is 45.4 Å². The standard InChI is InChI=1S/C18H26ClN3O4/c1-10-12(19)6-7-13(15(10)20)21-16(23)14-8-11(25-5)9-22(14)17(24)26-18(2,3)4/h6-7,11,14H,8-9,20H2,1-5H3,(H,21,23)/t11-,14-/m0/s1. The molecule has 0 aliphatic carbocycles. The van der Waals surface area contributed by atoms with E-state index >= 15 is 0 Å². The SMILES string of the molecule is CO[C@H]1C[C@@H](C(=O)Nc2ccc(Cl)c(C)c2N)N(C(=O)OC(C)(C)C)C1. The fourth-order valence-electron chi connectivity index (χ4n) is 2.77. The highest BCUT2D eigenvalue weighted by atomic mass is 35.5. The number of anilines is 2. The molecule has 8 heteroatoms. The lowest BCUT2D eigenvalue weighted by molar-refractivity contribution is -0.120. The summed E-state index contributed by atoms with van der Waals surface area (Å²) in [4.78, 5) is 26.7. The van der Waals surface area contributed by atoms with Crippen LogP contribution in [-0.4, -0.2) is 48.3 Å². The van der Waals surface area contributed by atoms with E-state index < -0.39 is 17.7 Å². The van der Waals surface area contributed by atoms with Gasteiger partial charge in [0.05, 0.1) is 24.0 Å². The number of hydrogen-bond donors (Lipinski definition) is 2. The van der Waals surface area contributed by atoms with E-state index in [9.17, 15) is 9.59 Å². The van der Waals surface area contributed by atoms with Gasteiger partial charge in [-0.2, -0.15) is 0 Å². The third kappa shape index (κ3) is 4.59. The Morgan fingerprint density at radius 3 is 2.58 bits per heavy atom. The summed E-state index contributed by atoms with van der Waals surface area (Å²) in [5.41, 5.74) is 6.93. The molecule has 1 aromatic carbocycles. The molecule has 7 nitrogen and oxygen atoms in total. The zero-order valence-electron chi connectivity index (χ0n) is 15.8. The Morgan fingerprint density at radius 2 is 2.00 bits per heavy atom. The summed E-state index contributed by atoms with van der Waals surface area (Å²) < 4.78 is 10.8. The van der Waals surface area contributed by atoms with Crippen molar-refractivity contribution in [3.05, 3.63) is 22.7 Å². The minimum atomic E-state index is -0.704. The largest absolute Gasteiger partial charge is 0.444 e. The van der Waals surface area contributed by atoms with E-state index in [0.29, 0.717) is 34.9 Å². The molecule has 0 saturated carbocycles. The molecule has 3 N–H and O–H groups in total. The number of carbonyl (C=O) groups excluding carboxylic acids is 2. The van der Waals surface area contributed by atoms with Crippen molar-refractivity contribution in [3.8, 4) is 0 Å². The summed E-state index contributed by atoms with van der Waals surface area (Å²) in [7, 11) is 1.55. The van der Waals surface area contributed by atoms with Crippen molar-refractivity contribution in [2.75, 3.05) is 24.7 Å². The highest BCUT2D eigenvalue weighted by Gasteiger charge is 2.41. The van der Waals surface area contributed by atoms with Crippen molar-refractivity contribution in [3.63, 3.8) is 0 Å². The molecule has 1 aliphatic rings. The Balaban J connectivity index is 2.19. The van der Waals surface area contributed by atoms with Crippen molar-refractivity contribution in [2.45, 2.75) is 51.9 Å². The Hall–Kier alpha value is -1.99. The fourth-order valence-corrected chi connectivity index (χ4v) is 2.93. The van der Waals surface area contributed by atoms with Gasteiger partial charge in [-0.15, -0.1) is 0 Å². The molecule has 26 heavy (non-hydrogen) atoms. The molecule has 1 heterocycles. The van der Waals surface area contributed by atoms with E-state index in [0.717, 1.165) is 0 Å². The second-order valence-corrected chi connectivity index (χ2v) is 7.77. The zero-order chi connectivity index (χ0) is 19.6. The molecule has 2 rings (SSSR count). The number of methoxy groups -OCH3 is 1. The van der Waals surface area contributed by atoms with Crippen LogP contribution in [0.25, 0.3) is 0 Å². The number of ether oxygens (including phenoxy) is 2. The van der Waals surface area contributed by atoms with Gasteiger partial charge in [0, 0.05) is 18.6 Å². The quantitative estimate of drug-likeness (QED) is 0.781. The predicted octanol–water partition coefficient (Wildman–Crippen LogP) is 3.19. The van der Waals surface area contributed by atoms with E-state index in [1.165, 1.54) is 4.90 Å². The van der Waals surface area contributed by atoms with Crippen molar-refractivity contribution in [1.82, 2.24) is 4.90 Å². The van der Waals surface area contributed by atoms with Gasteiger partial charge in [0.15, 0.2) is 0 Å². The number of likely N-dealkylation sites (tertiary alicyclic amines) is 1. The summed E-state index contributed by atoms with van der Waals surface area (Å²) in [5.74, 6) is -0.344. The Morgan fingerprint density at radius 1 is 1.35 bits per heavy atom. The molecule has 0 unspecified atom stereocenters. The zero-order valence-corrected chi connectivity index (χ0v) is 16.5. The molecule has 0 aromatic heterocycles. The molecule has 0 bridgehead atoms. The second kappa shape index (κ2) is 7.72. The van der Waals surface area contributed by atoms with Crippen LogP contribution in [0.2, 0.25) is 5.02 Å². The molecule has 2 amide bonds. The molecular weight excluding hydrogens is 358 g/mol. The number of benzene rings is 1. The van der Waals surface area contributed by atoms with Gasteiger partial charge in [0.1, 0.15) is 11.6 Å². The number of nitrogens with zero attached hydrogens (tertiary/aromatic N) is 1. The first-order chi connectivity index (χ1) is 12.0. The summed E-state index contributed by atoms with van der Waals surface area (Å²) in [6.07, 6.45) is -0.395. The second-order valence-electron chi connectivity index (χ2n) is 7.36. The van der Waals surface area contributed by atoms with Crippen LogP contribution in [0, 0.1) is 6.92 Å². The third-order valence-electron chi connectivity index (χ3n) is 4.23. The lowest BCUT2D eigenvalue weighted by Gasteiger charge is -2.28. The number of amides is 2. The summed E-state index contributed by atoms with van der Waals surface area (Å²) in [6.45, 7) is 7.40. The molecule has 1 fully saturated rings. The highest BCUT2D eigenvalue weighted by Crippen LogP contribution is 2.30. The molecular formula is C18H26ClN3O4. The lowest BCUT2D eigenvalue weighted by atomic mass is 10.1. The van der Waals surface area contributed by atoms with Crippen LogP contribution in [0.15, 0.2) is 12.1 Å². The molecule has 1 aliphatic heterocycles. The summed E-state index contributed by atoms with van der Waals surface area (Å²) >= 11 is 6.04. The number of nitrogens with two attached hydrogens (primary N) is 1. The topological polar surface area (TPSA) is 93.9 Å². The summed E-state index contributed by atoms with van der Waals surface area (Å²) in [6, 6.07) is 2.61. The average Bonchev–Trinajstić information content (AvgIpc) is 2.98. The first kappa shape index (κ1) is 20.3. The molecule has 144 valence electrons. The van der Waals surface area contributed by atoms with Gasteiger partial charge in [-0.3, -0.25) is 9.69 Å². The predicted molar refractivity (Wildman–Crippen MR) is 101 cm³/mol. The first-order valence-corrected chi connectivity index (χ1v) is 8.79. The average molecular weight is 384 g/mol. The van der Waals surface area contributed by atoms with E-state index in [1.807, 2.05) is 0 Å². The fraction of sp³-hybridized carbons (Fsp3) is 0.556. The highest BCUT2D eigenvalue weighted by molar-refractivity contribution is 6.32. The van der Waals surface area contributed by atoms with Crippen LogP contribution in [0.3, 0.4) is 0 Å². The number of carbonyl (C=O) groups is 2. The van der Waals surface area contributed by atoms with E-state index in [2.05, 4.69) is 5.32 Å². The number of nitrogen functional groups attached to an aromatic ring is 1. The molecule has 0 radical (unpaired) electrons. The van der Waals surface area contributed by atoms with Gasteiger partial charge < -0.3 is 20.5 Å². The molecule has 2 atom stereocenters. The van der Waals surface area contributed by atoms with Crippen molar-refractivity contribution >= 4 is 35.0 Å². The first-order valence-electron chi connectivity index (χ1n) is 8.41. The van der Waals surface area contributed by atoms with Gasteiger partial charge in [0.2, 0.25) is 5.91 Å². The number of hydrogen-bond acceptors (Lipinski definition) is 5. The minimum absolute atomic E-state index is 0.234. The maximum Gasteiger partial charge on any atom is 0.411 e. The third-order valence-corrected chi connectivity index (χ3v) is 4.64. The smallest absolute Gasteiger partial charge is 0.411 e. The van der Waals surface area contributed by atoms with Crippen LogP contribution < -0.4 is 11.1 Å². The van der Waals surface area contributed by atoms with Gasteiger partial charge in [-0.25, -0.2) is 4.79 Å². The molecule has 1 aromatic rings. The monoisotopic (exact) mass is 383 g/mol. The number of nitrogens with one attached hydrogen (secondary N) is 1. The van der Waals surface area contributed by atoms with Crippen LogP contribution in [0.5, 0.6) is 0 Å². The Labute approximate surface area is 158 Å². The van der Waals surface area contributed by atoms with E-state index in [4.69, 9.17) is 26.8 Å². The lowest BCUT2D eigenvalue weighted by Crippen LogP contribution is -2.45. The molecule has 1 saturated heterocycles. The van der Waals surface area contributed by atoms with Gasteiger partial charge in [0.25, 0.3) is 0 Å². The van der Waals surface area contributed by atoms with Crippen LogP contribution in [-0.2, 0) is 14.3 Å².